The van der Waals surface area contributed by atoms with E-state index in [4.69, 9.17) is 23.2 Å². The summed E-state index contributed by atoms with van der Waals surface area (Å²) in [4.78, 5) is 29.8. The predicted molar refractivity (Wildman–Crippen MR) is 110 cm³/mol. The van der Waals surface area contributed by atoms with Gasteiger partial charge in [-0.25, -0.2) is 4.98 Å². The third-order valence-corrected chi connectivity index (χ3v) is 5.22. The maximum absolute atomic E-state index is 12.8. The molecule has 31 heavy (non-hydrogen) atoms. The van der Waals surface area contributed by atoms with Gasteiger partial charge < -0.3 is 9.80 Å². The van der Waals surface area contributed by atoms with Crippen LogP contribution in [-0.2, 0) is 11.0 Å². The minimum Gasteiger partial charge on any atom is -0.352 e. The van der Waals surface area contributed by atoms with Crippen molar-refractivity contribution >= 4 is 46.7 Å². The molecule has 1 fully saturated rings. The summed E-state index contributed by atoms with van der Waals surface area (Å²) in [5.41, 5.74) is -0.739. The Morgan fingerprint density at radius 3 is 2.39 bits per heavy atom. The molecule has 1 aromatic carbocycles. The summed E-state index contributed by atoms with van der Waals surface area (Å²) in [6.45, 7) is 1.29. The number of carbonyl (C=O) groups excluding carboxylic acids is 1. The molecule has 0 unspecified atom stereocenters. The molecule has 2 aromatic rings. The van der Waals surface area contributed by atoms with E-state index in [1.165, 1.54) is 24.3 Å². The maximum Gasteiger partial charge on any atom is 0.417 e. The molecular formula is C19H15Cl2F3N4O3. The quantitative estimate of drug-likeness (QED) is 0.365. The monoisotopic (exact) mass is 474 g/mol. The highest BCUT2D eigenvalue weighted by molar-refractivity contribution is 6.33. The van der Waals surface area contributed by atoms with Gasteiger partial charge in [0.05, 0.1) is 15.5 Å². The Balaban J connectivity index is 1.62. The topological polar surface area (TPSA) is 79.6 Å². The molecule has 0 saturated carbocycles. The third kappa shape index (κ3) is 5.45. The first kappa shape index (κ1) is 22.8. The molecule has 12 heteroatoms. The van der Waals surface area contributed by atoms with Gasteiger partial charge in [0.15, 0.2) is 0 Å². The summed E-state index contributed by atoms with van der Waals surface area (Å²) in [7, 11) is 0. The molecule has 1 aliphatic heterocycles. The predicted octanol–water partition coefficient (Wildman–Crippen LogP) is 4.68. The molecule has 0 bridgehead atoms. The summed E-state index contributed by atoms with van der Waals surface area (Å²) >= 11 is 11.7. The number of nitro groups is 1. The molecule has 2 heterocycles. The van der Waals surface area contributed by atoms with E-state index in [0.717, 1.165) is 12.3 Å². The Bertz CT molecular complexity index is 1040. The van der Waals surface area contributed by atoms with Crippen LogP contribution in [0.1, 0.15) is 11.1 Å². The number of pyridine rings is 1. The molecule has 3 rings (SSSR count). The zero-order valence-electron chi connectivity index (χ0n) is 15.8. The molecule has 1 saturated heterocycles. The summed E-state index contributed by atoms with van der Waals surface area (Å²) < 4.78 is 38.3. The van der Waals surface area contributed by atoms with E-state index < -0.39 is 16.7 Å². The molecule has 7 nitrogen and oxygen atoms in total. The second-order valence-corrected chi connectivity index (χ2v) is 7.46. The van der Waals surface area contributed by atoms with E-state index in [-0.39, 0.29) is 27.5 Å². The maximum atomic E-state index is 12.8. The van der Waals surface area contributed by atoms with Gasteiger partial charge in [0.1, 0.15) is 10.8 Å². The first-order valence-corrected chi connectivity index (χ1v) is 9.70. The number of alkyl halides is 3. The number of halogens is 5. The number of aromatic nitrogens is 1. The van der Waals surface area contributed by atoms with Crippen LogP contribution in [0.3, 0.4) is 0 Å². The smallest absolute Gasteiger partial charge is 0.352 e. The largest absolute Gasteiger partial charge is 0.417 e. The van der Waals surface area contributed by atoms with Crippen molar-refractivity contribution in [2.24, 2.45) is 0 Å². The van der Waals surface area contributed by atoms with Crippen LogP contribution < -0.4 is 4.90 Å². The normalized spacial score (nSPS) is 14.9. The number of carbonyl (C=O) groups is 1. The van der Waals surface area contributed by atoms with Crippen LogP contribution in [0, 0.1) is 10.1 Å². The van der Waals surface area contributed by atoms with E-state index in [0.29, 0.717) is 31.7 Å². The Morgan fingerprint density at radius 2 is 1.81 bits per heavy atom. The number of hydrogen-bond donors (Lipinski definition) is 0. The average Bonchev–Trinajstić information content (AvgIpc) is 2.72. The number of nitrogens with zero attached hydrogens (tertiary/aromatic N) is 4. The molecule has 0 aliphatic carbocycles. The number of rotatable bonds is 4. The van der Waals surface area contributed by atoms with Crippen molar-refractivity contribution < 1.29 is 22.9 Å². The van der Waals surface area contributed by atoms with Gasteiger partial charge in [-0.2, -0.15) is 13.2 Å². The Morgan fingerprint density at radius 1 is 1.13 bits per heavy atom. The second-order valence-electron chi connectivity index (χ2n) is 6.64. The van der Waals surface area contributed by atoms with Crippen LogP contribution >= 0.6 is 23.2 Å². The molecule has 164 valence electrons. The number of hydrogen-bond acceptors (Lipinski definition) is 5. The Labute approximate surface area is 184 Å². The number of amides is 1. The molecular weight excluding hydrogens is 460 g/mol. The first-order valence-electron chi connectivity index (χ1n) is 8.95. The average molecular weight is 475 g/mol. The molecule has 0 atom stereocenters. The molecule has 0 N–H and O–H groups in total. The fourth-order valence-corrected chi connectivity index (χ4v) is 3.48. The Kier molecular flexibility index (Phi) is 6.71. The minimum atomic E-state index is -4.53. The number of piperazine rings is 1. The standard InChI is InChI=1S/C19H15Cl2F3N4O3/c20-14-3-1-12(9-16(14)28(30)31)2-4-17(29)26-5-7-27(8-6-26)18-15(21)10-13(11-25-18)19(22,23)24/h1-4,9-11H,5-8H2. The summed E-state index contributed by atoms with van der Waals surface area (Å²) in [6, 6.07) is 5.02. The minimum absolute atomic E-state index is 0.000125. The first-order chi connectivity index (χ1) is 14.6. The molecule has 0 radical (unpaired) electrons. The van der Waals surface area contributed by atoms with Crippen LogP contribution in [0.25, 0.3) is 6.08 Å². The van der Waals surface area contributed by atoms with Gasteiger partial charge in [0.2, 0.25) is 5.91 Å². The van der Waals surface area contributed by atoms with Gasteiger partial charge in [-0.05, 0) is 23.8 Å². The highest BCUT2D eigenvalue weighted by Crippen LogP contribution is 2.33. The lowest BCUT2D eigenvalue weighted by Gasteiger charge is -2.35. The van der Waals surface area contributed by atoms with Gasteiger partial charge in [-0.3, -0.25) is 14.9 Å². The van der Waals surface area contributed by atoms with Crippen molar-refractivity contribution in [1.29, 1.82) is 0 Å². The molecule has 1 aromatic heterocycles. The fraction of sp³-hybridized carbons (Fsp3) is 0.263. The van der Waals surface area contributed by atoms with Gasteiger partial charge in [-0.1, -0.05) is 29.3 Å². The van der Waals surface area contributed by atoms with E-state index in [1.807, 2.05) is 0 Å². The van der Waals surface area contributed by atoms with Crippen molar-refractivity contribution in [3.05, 3.63) is 67.8 Å². The van der Waals surface area contributed by atoms with Gasteiger partial charge in [0, 0.05) is 44.5 Å². The van der Waals surface area contributed by atoms with Crippen LogP contribution in [0.4, 0.5) is 24.7 Å². The van der Waals surface area contributed by atoms with E-state index in [1.54, 1.807) is 15.9 Å². The van der Waals surface area contributed by atoms with Crippen LogP contribution in [0.15, 0.2) is 36.5 Å². The highest BCUT2D eigenvalue weighted by Gasteiger charge is 2.32. The lowest BCUT2D eigenvalue weighted by Crippen LogP contribution is -2.48. The van der Waals surface area contributed by atoms with Gasteiger partial charge in [0.25, 0.3) is 5.69 Å². The lowest BCUT2D eigenvalue weighted by atomic mass is 10.2. The summed E-state index contributed by atoms with van der Waals surface area (Å²) in [6.07, 6.45) is -1.05. The van der Waals surface area contributed by atoms with Crippen molar-refractivity contribution in [2.45, 2.75) is 6.18 Å². The summed E-state index contributed by atoms with van der Waals surface area (Å²) in [5.74, 6) is -0.0745. The number of benzene rings is 1. The number of nitro benzene ring substituents is 1. The van der Waals surface area contributed by atoms with Crippen molar-refractivity contribution in [3.63, 3.8) is 0 Å². The van der Waals surface area contributed by atoms with Crippen molar-refractivity contribution in [3.8, 4) is 0 Å². The molecule has 1 aliphatic rings. The Hall–Kier alpha value is -2.85. The highest BCUT2D eigenvalue weighted by atomic mass is 35.5. The zero-order valence-corrected chi connectivity index (χ0v) is 17.3. The van der Waals surface area contributed by atoms with E-state index >= 15 is 0 Å². The van der Waals surface area contributed by atoms with Crippen LogP contribution in [-0.4, -0.2) is 46.9 Å². The lowest BCUT2D eigenvalue weighted by molar-refractivity contribution is -0.384. The molecule has 1 amide bonds. The van der Waals surface area contributed by atoms with E-state index in [9.17, 15) is 28.1 Å². The van der Waals surface area contributed by atoms with Crippen molar-refractivity contribution in [1.82, 2.24) is 9.88 Å². The van der Waals surface area contributed by atoms with E-state index in [2.05, 4.69) is 4.98 Å². The summed E-state index contributed by atoms with van der Waals surface area (Å²) in [5, 5.41) is 10.8. The zero-order chi connectivity index (χ0) is 22.8. The SMILES string of the molecule is O=C(C=Cc1ccc(Cl)c([N+](=O)[O-])c1)N1CCN(c2ncc(C(F)(F)F)cc2Cl)CC1. The van der Waals surface area contributed by atoms with Crippen molar-refractivity contribution in [2.75, 3.05) is 31.1 Å². The van der Waals surface area contributed by atoms with Crippen LogP contribution in [0.2, 0.25) is 10.0 Å². The third-order valence-electron chi connectivity index (χ3n) is 4.63. The fourth-order valence-electron chi connectivity index (χ4n) is 3.00. The molecule has 0 spiro atoms. The van der Waals surface area contributed by atoms with Gasteiger partial charge >= 0.3 is 6.18 Å². The van der Waals surface area contributed by atoms with Crippen LogP contribution in [0.5, 0.6) is 0 Å². The second kappa shape index (κ2) is 9.11. The number of anilines is 1. The van der Waals surface area contributed by atoms with Gasteiger partial charge in [-0.15, -0.1) is 0 Å².